The Morgan fingerprint density at radius 2 is 2.08 bits per heavy atom. The van der Waals surface area contributed by atoms with Gasteiger partial charge in [-0.05, 0) is 18.2 Å². The van der Waals surface area contributed by atoms with Gasteiger partial charge in [0.15, 0.2) is 5.82 Å². The number of fused-ring (bicyclic) bond motifs is 1. The monoisotopic (exact) mass is 340 g/mol. The molecule has 0 atom stereocenters. The first kappa shape index (κ1) is 15.8. The second kappa shape index (κ2) is 6.66. The van der Waals surface area contributed by atoms with Crippen molar-refractivity contribution in [3.63, 3.8) is 0 Å². The molecule has 0 unspecified atom stereocenters. The van der Waals surface area contributed by atoms with Crippen LogP contribution in [0.1, 0.15) is 11.3 Å². The summed E-state index contributed by atoms with van der Waals surface area (Å²) >= 11 is 0. The van der Waals surface area contributed by atoms with E-state index in [0.717, 1.165) is 37.3 Å². The van der Waals surface area contributed by atoms with Gasteiger partial charge in [0.2, 0.25) is 11.8 Å². The molecule has 2 aliphatic heterocycles. The molecule has 25 heavy (non-hydrogen) atoms. The lowest BCUT2D eigenvalue weighted by atomic mass is 10.1. The number of anilines is 1. The molecule has 0 spiro atoms. The summed E-state index contributed by atoms with van der Waals surface area (Å²) in [5, 5.41) is 19.2. The lowest BCUT2D eigenvalue weighted by Gasteiger charge is -2.34. The molecule has 8 nitrogen and oxygen atoms in total. The fraction of sp³-hybridized carbons (Fsp3) is 0.353. The third-order valence-electron chi connectivity index (χ3n) is 4.51. The van der Waals surface area contributed by atoms with Crippen LogP contribution in [0.4, 0.5) is 11.8 Å². The first-order valence-corrected chi connectivity index (χ1v) is 8.33. The number of aliphatic hydroxyl groups is 1. The molecular weight excluding hydrogens is 320 g/mol. The third kappa shape index (κ3) is 3.13. The number of hydrogen-bond acceptors (Lipinski definition) is 7. The zero-order valence-electron chi connectivity index (χ0n) is 13.8. The number of aliphatic hydroxyl groups excluding tert-OH is 1. The molecule has 3 N–H and O–H groups in total. The number of piperazine rings is 1. The van der Waals surface area contributed by atoms with Crippen molar-refractivity contribution in [3.05, 3.63) is 29.6 Å². The number of β-amino-alcohol motifs (C(OH)–C–C–N with tert-alkyl or cyclic N) is 1. The minimum atomic E-state index is -0.0222. The summed E-state index contributed by atoms with van der Waals surface area (Å²) < 4.78 is 0. The Kier molecular flexibility index (Phi) is 4.21. The number of imidazole rings is 1. The number of pyridine rings is 1. The minimum Gasteiger partial charge on any atom is -0.492 e. The molecule has 1 fully saturated rings. The van der Waals surface area contributed by atoms with Gasteiger partial charge in [-0.2, -0.15) is 4.98 Å². The van der Waals surface area contributed by atoms with E-state index in [0.29, 0.717) is 24.0 Å². The summed E-state index contributed by atoms with van der Waals surface area (Å²) in [6, 6.07) is 3.82. The first-order chi connectivity index (χ1) is 12.2. The number of aromatic nitrogens is 3. The highest BCUT2D eigenvalue weighted by Crippen LogP contribution is 2.32. The van der Waals surface area contributed by atoms with Crippen LogP contribution in [-0.2, 0) is 0 Å². The van der Waals surface area contributed by atoms with E-state index in [9.17, 15) is 5.11 Å². The smallest absolute Gasteiger partial charge is 0.238 e. The molecule has 0 amide bonds. The van der Waals surface area contributed by atoms with Gasteiger partial charge in [-0.3, -0.25) is 4.90 Å². The minimum absolute atomic E-state index is 0.0222. The maximum absolute atomic E-state index is 10.2. The van der Waals surface area contributed by atoms with Crippen molar-refractivity contribution in [2.45, 2.75) is 0 Å². The summed E-state index contributed by atoms with van der Waals surface area (Å²) in [5.41, 5.74) is 2.39. The second-order valence-corrected chi connectivity index (χ2v) is 6.08. The van der Waals surface area contributed by atoms with Crippen LogP contribution in [0.3, 0.4) is 0 Å². The van der Waals surface area contributed by atoms with Gasteiger partial charge >= 0.3 is 0 Å². The molecule has 0 bridgehead atoms. The van der Waals surface area contributed by atoms with Gasteiger partial charge < -0.3 is 20.1 Å². The standard InChI is InChI=1S/C17H20N6O2/c24-9-8-22-4-6-23(7-5-22)17-20-14(16(25)21-17)10-12-11-19-15-13(12)2-1-3-18-15/h1-3,10-11,24-25H,4-9H2,(H,20,21)/b12-10+. The maximum Gasteiger partial charge on any atom is 0.238 e. The van der Waals surface area contributed by atoms with Crippen LogP contribution in [0.25, 0.3) is 11.6 Å². The van der Waals surface area contributed by atoms with Gasteiger partial charge in [-0.1, -0.05) is 0 Å². The summed E-state index contributed by atoms with van der Waals surface area (Å²) in [7, 11) is 0. The Hall–Kier alpha value is -2.71. The Labute approximate surface area is 145 Å². The van der Waals surface area contributed by atoms with Crippen molar-refractivity contribution in [1.29, 1.82) is 0 Å². The van der Waals surface area contributed by atoms with E-state index in [4.69, 9.17) is 5.11 Å². The van der Waals surface area contributed by atoms with Crippen molar-refractivity contribution in [3.8, 4) is 5.88 Å². The van der Waals surface area contributed by atoms with E-state index in [1.807, 2.05) is 18.2 Å². The zero-order chi connectivity index (χ0) is 17.2. The molecular formula is C17H20N6O2. The second-order valence-electron chi connectivity index (χ2n) is 6.08. The van der Waals surface area contributed by atoms with Crippen molar-refractivity contribution >= 4 is 29.6 Å². The number of allylic oxidation sites excluding steroid dienone is 1. The summed E-state index contributed by atoms with van der Waals surface area (Å²) in [4.78, 5) is 20.3. The molecule has 0 radical (unpaired) electrons. The van der Waals surface area contributed by atoms with Gasteiger partial charge in [-0.25, -0.2) is 9.98 Å². The Morgan fingerprint density at radius 3 is 2.88 bits per heavy atom. The van der Waals surface area contributed by atoms with Crippen LogP contribution in [0.5, 0.6) is 5.88 Å². The Balaban J connectivity index is 1.52. The topological polar surface area (TPSA) is 101 Å². The molecule has 1 saturated heterocycles. The summed E-state index contributed by atoms with van der Waals surface area (Å²) in [5.74, 6) is 1.33. The number of H-pyrrole nitrogens is 1. The Bertz CT molecular complexity index is 820. The van der Waals surface area contributed by atoms with E-state index in [1.165, 1.54) is 0 Å². The molecule has 0 aliphatic carbocycles. The quantitative estimate of drug-likeness (QED) is 0.764. The molecule has 2 aromatic rings. The van der Waals surface area contributed by atoms with E-state index in [1.54, 1.807) is 12.4 Å². The van der Waals surface area contributed by atoms with Crippen molar-refractivity contribution in [1.82, 2.24) is 19.9 Å². The normalized spacial score (nSPS) is 18.9. The number of aliphatic imine (C=N–C) groups is 1. The van der Waals surface area contributed by atoms with Gasteiger partial charge in [0, 0.05) is 56.3 Å². The van der Waals surface area contributed by atoms with Crippen LogP contribution in [-0.4, -0.2) is 75.6 Å². The summed E-state index contributed by atoms with van der Waals surface area (Å²) in [6.45, 7) is 4.21. The zero-order valence-corrected chi connectivity index (χ0v) is 13.8. The molecule has 2 aliphatic rings. The molecule has 4 rings (SSSR count). The predicted octanol–water partition coefficient (Wildman–Crippen LogP) is 0.881. The fourth-order valence-corrected chi connectivity index (χ4v) is 3.14. The van der Waals surface area contributed by atoms with Crippen LogP contribution >= 0.6 is 0 Å². The van der Waals surface area contributed by atoms with Gasteiger partial charge in [0.1, 0.15) is 5.69 Å². The molecule has 130 valence electrons. The van der Waals surface area contributed by atoms with Gasteiger partial charge in [0.25, 0.3) is 0 Å². The molecule has 0 saturated carbocycles. The maximum atomic E-state index is 10.2. The van der Waals surface area contributed by atoms with Crippen LogP contribution in [0.15, 0.2) is 23.3 Å². The number of hydrogen-bond donors (Lipinski definition) is 3. The summed E-state index contributed by atoms with van der Waals surface area (Å²) in [6.07, 6.45) is 5.29. The number of rotatable bonds is 4. The number of aromatic hydroxyl groups is 1. The lowest BCUT2D eigenvalue weighted by Crippen LogP contribution is -2.47. The van der Waals surface area contributed by atoms with E-state index < -0.39 is 0 Å². The van der Waals surface area contributed by atoms with E-state index in [-0.39, 0.29) is 12.5 Å². The van der Waals surface area contributed by atoms with Crippen LogP contribution in [0.2, 0.25) is 0 Å². The highest BCUT2D eigenvalue weighted by atomic mass is 16.3. The molecule has 0 aromatic carbocycles. The number of nitrogens with zero attached hydrogens (tertiary/aromatic N) is 5. The highest BCUT2D eigenvalue weighted by molar-refractivity contribution is 6.20. The van der Waals surface area contributed by atoms with Crippen LogP contribution < -0.4 is 4.90 Å². The Morgan fingerprint density at radius 1 is 1.24 bits per heavy atom. The van der Waals surface area contributed by atoms with E-state index in [2.05, 4.69) is 29.7 Å². The predicted molar refractivity (Wildman–Crippen MR) is 96.3 cm³/mol. The molecule has 8 heteroatoms. The van der Waals surface area contributed by atoms with Gasteiger partial charge in [-0.15, -0.1) is 0 Å². The number of aromatic amines is 1. The van der Waals surface area contributed by atoms with Gasteiger partial charge in [0.05, 0.1) is 6.61 Å². The van der Waals surface area contributed by atoms with E-state index >= 15 is 0 Å². The van der Waals surface area contributed by atoms with Crippen molar-refractivity contribution in [2.75, 3.05) is 44.2 Å². The number of nitrogens with one attached hydrogen (secondary N) is 1. The highest BCUT2D eigenvalue weighted by Gasteiger charge is 2.21. The first-order valence-electron chi connectivity index (χ1n) is 8.33. The largest absolute Gasteiger partial charge is 0.492 e. The third-order valence-corrected chi connectivity index (χ3v) is 4.51. The van der Waals surface area contributed by atoms with Crippen molar-refractivity contribution < 1.29 is 10.2 Å². The fourth-order valence-electron chi connectivity index (χ4n) is 3.14. The van der Waals surface area contributed by atoms with Crippen molar-refractivity contribution in [2.24, 2.45) is 4.99 Å². The molecule has 2 aromatic heterocycles. The lowest BCUT2D eigenvalue weighted by molar-refractivity contribution is 0.188. The average Bonchev–Trinajstić information content (AvgIpc) is 3.21. The van der Waals surface area contributed by atoms with Crippen LogP contribution in [0, 0.1) is 0 Å². The SMILES string of the molecule is OCCN1CCN(c2nc(O)c(/C=C3\C=Nc4ncccc43)[nH]2)CC1. The average molecular weight is 340 g/mol. The molecule has 4 heterocycles.